The molecule has 2 heterocycles. The fraction of sp³-hybridized carbons (Fsp3) is 0.294. The van der Waals surface area contributed by atoms with Gasteiger partial charge in [-0.3, -0.25) is 0 Å². The van der Waals surface area contributed by atoms with E-state index in [9.17, 15) is 5.26 Å². The van der Waals surface area contributed by atoms with E-state index in [1.54, 1.807) is 25.1 Å². The first-order chi connectivity index (χ1) is 12.1. The lowest BCUT2D eigenvalue weighted by molar-refractivity contribution is 0.296. The summed E-state index contributed by atoms with van der Waals surface area (Å²) < 4.78 is 11.5. The third-order valence-corrected chi connectivity index (χ3v) is 3.50. The Morgan fingerprint density at radius 3 is 2.80 bits per heavy atom. The number of nitrogens with two attached hydrogens (primary N) is 1. The average Bonchev–Trinajstić information content (AvgIpc) is 2.85. The molecule has 1 aromatic heterocycles. The molecule has 0 fully saturated rings. The normalized spacial score (nSPS) is 13.7. The molecule has 0 saturated carbocycles. The molecule has 8 heteroatoms. The monoisotopic (exact) mass is 338 g/mol. The molecule has 25 heavy (non-hydrogen) atoms. The van der Waals surface area contributed by atoms with Crippen LogP contribution in [-0.4, -0.2) is 42.3 Å². The Morgan fingerprint density at radius 1 is 1.24 bits per heavy atom. The van der Waals surface area contributed by atoms with Crippen molar-refractivity contribution < 1.29 is 9.47 Å². The first kappa shape index (κ1) is 16.5. The maximum Gasteiger partial charge on any atom is 0.230 e. The van der Waals surface area contributed by atoms with Crippen LogP contribution in [0.3, 0.4) is 0 Å². The number of nitrogen functional groups attached to an aromatic ring is 1. The van der Waals surface area contributed by atoms with Gasteiger partial charge in [-0.15, -0.1) is 0 Å². The lowest BCUT2D eigenvalue weighted by Crippen LogP contribution is -2.15. The van der Waals surface area contributed by atoms with E-state index >= 15 is 0 Å². The summed E-state index contributed by atoms with van der Waals surface area (Å²) >= 11 is 0. The second-order valence-electron chi connectivity index (χ2n) is 5.61. The summed E-state index contributed by atoms with van der Waals surface area (Å²) in [5.41, 5.74) is 6.73. The topological polar surface area (TPSA) is 110 Å². The Morgan fingerprint density at radius 2 is 2.04 bits per heavy atom. The molecule has 3 rings (SSSR count). The lowest BCUT2D eigenvalue weighted by Gasteiger charge is -2.12. The third-order valence-electron chi connectivity index (χ3n) is 3.50. The average molecular weight is 338 g/mol. The molecule has 2 N–H and O–H groups in total. The fourth-order valence-electron chi connectivity index (χ4n) is 2.33. The van der Waals surface area contributed by atoms with Crippen molar-refractivity contribution in [2.24, 2.45) is 0 Å². The van der Waals surface area contributed by atoms with Crippen molar-refractivity contribution in [3.8, 4) is 17.6 Å². The third kappa shape index (κ3) is 3.61. The number of nitrogens with zero attached hydrogens (tertiary/aromatic N) is 5. The Bertz CT molecular complexity index is 857. The van der Waals surface area contributed by atoms with Gasteiger partial charge in [-0.05, 0) is 12.1 Å². The Kier molecular flexibility index (Phi) is 4.66. The Labute approximate surface area is 145 Å². The zero-order valence-corrected chi connectivity index (χ0v) is 14.1. The van der Waals surface area contributed by atoms with E-state index in [1.807, 2.05) is 18.2 Å². The van der Waals surface area contributed by atoms with Crippen LogP contribution in [0.25, 0.3) is 11.6 Å². The van der Waals surface area contributed by atoms with Crippen molar-refractivity contribution in [1.29, 1.82) is 5.26 Å². The molecule has 1 aliphatic heterocycles. The fourth-order valence-corrected chi connectivity index (χ4v) is 2.33. The molecule has 2 aromatic rings. The van der Waals surface area contributed by atoms with Crippen LogP contribution in [0.1, 0.15) is 17.8 Å². The summed E-state index contributed by atoms with van der Waals surface area (Å²) in [5.74, 6) is 1.93. The number of aromatic nitrogens is 3. The van der Waals surface area contributed by atoms with E-state index in [4.69, 9.17) is 15.2 Å². The van der Waals surface area contributed by atoms with Crippen LogP contribution in [0.15, 0.2) is 18.2 Å². The highest BCUT2D eigenvalue weighted by molar-refractivity contribution is 5.89. The van der Waals surface area contributed by atoms with Crippen LogP contribution >= 0.6 is 0 Å². The van der Waals surface area contributed by atoms with Crippen LogP contribution in [0.4, 0.5) is 11.9 Å². The van der Waals surface area contributed by atoms with Crippen LogP contribution in [0.2, 0.25) is 0 Å². The second kappa shape index (κ2) is 7.05. The second-order valence-corrected chi connectivity index (χ2v) is 5.61. The lowest BCUT2D eigenvalue weighted by atomic mass is 10.1. The number of ether oxygens (including phenoxy) is 2. The molecule has 0 spiro atoms. The minimum atomic E-state index is 0.0568. The summed E-state index contributed by atoms with van der Waals surface area (Å²) in [4.78, 5) is 14.1. The summed E-state index contributed by atoms with van der Waals surface area (Å²) in [6.07, 6.45) is 2.47. The number of allylic oxidation sites excluding steroid dienone is 1. The summed E-state index contributed by atoms with van der Waals surface area (Å²) in [6.45, 7) is 1.16. The van der Waals surface area contributed by atoms with Crippen molar-refractivity contribution in [2.45, 2.75) is 6.42 Å². The summed E-state index contributed by atoms with van der Waals surface area (Å²) in [7, 11) is 3.58. The van der Waals surface area contributed by atoms with Gasteiger partial charge in [0.15, 0.2) is 17.3 Å². The van der Waals surface area contributed by atoms with E-state index < -0.39 is 0 Å². The largest absolute Gasteiger partial charge is 0.490 e. The minimum absolute atomic E-state index is 0.0568. The molecule has 0 aliphatic carbocycles. The van der Waals surface area contributed by atoms with E-state index in [1.165, 1.54) is 0 Å². The zero-order chi connectivity index (χ0) is 17.8. The van der Waals surface area contributed by atoms with E-state index in [0.29, 0.717) is 30.7 Å². The van der Waals surface area contributed by atoms with Gasteiger partial charge < -0.3 is 20.1 Å². The highest BCUT2D eigenvalue weighted by atomic mass is 16.5. The Balaban J connectivity index is 2.07. The molecule has 0 bridgehead atoms. The molecule has 0 unspecified atom stereocenters. The predicted molar refractivity (Wildman–Crippen MR) is 94.1 cm³/mol. The Hall–Kier alpha value is -3.34. The van der Waals surface area contributed by atoms with E-state index in [0.717, 1.165) is 12.0 Å². The number of rotatable bonds is 3. The molecule has 128 valence electrons. The van der Waals surface area contributed by atoms with Gasteiger partial charge in [0.05, 0.1) is 18.8 Å². The molecule has 0 atom stereocenters. The zero-order valence-electron chi connectivity index (χ0n) is 14.1. The van der Waals surface area contributed by atoms with Crippen molar-refractivity contribution >= 4 is 23.5 Å². The molecule has 8 nitrogen and oxygen atoms in total. The standard InChI is InChI=1S/C17H18N6O2/c1-23(2)17-21-15(20-16(19)22-17)12(10-18)9-11-5-3-6-13-14(11)25-8-4-7-24-13/h3,5-6,9H,4,7-8H2,1-2H3,(H2,19,20,21,22)/b12-9+. The van der Waals surface area contributed by atoms with Gasteiger partial charge in [0.25, 0.3) is 0 Å². The number of fused-ring (bicyclic) bond motifs is 1. The molecule has 1 aliphatic rings. The van der Waals surface area contributed by atoms with Crippen LogP contribution in [0, 0.1) is 11.3 Å². The van der Waals surface area contributed by atoms with E-state index in [-0.39, 0.29) is 17.3 Å². The number of hydrogen-bond acceptors (Lipinski definition) is 8. The number of anilines is 2. The van der Waals surface area contributed by atoms with E-state index in [2.05, 4.69) is 21.0 Å². The van der Waals surface area contributed by atoms with Gasteiger partial charge in [-0.2, -0.15) is 20.2 Å². The first-order valence-electron chi connectivity index (χ1n) is 7.78. The first-order valence-corrected chi connectivity index (χ1v) is 7.78. The molecule has 0 saturated heterocycles. The molecule has 1 aromatic carbocycles. The van der Waals surface area contributed by atoms with Crippen molar-refractivity contribution in [1.82, 2.24) is 15.0 Å². The quantitative estimate of drug-likeness (QED) is 0.843. The predicted octanol–water partition coefficient (Wildman–Crippen LogP) is 1.75. The number of nitriles is 1. The van der Waals surface area contributed by atoms with Gasteiger partial charge in [0.2, 0.25) is 11.9 Å². The van der Waals surface area contributed by atoms with Crippen LogP contribution in [0.5, 0.6) is 11.5 Å². The smallest absolute Gasteiger partial charge is 0.230 e. The number of benzene rings is 1. The van der Waals surface area contributed by atoms with Crippen LogP contribution in [-0.2, 0) is 0 Å². The van der Waals surface area contributed by atoms with Gasteiger partial charge in [0.1, 0.15) is 6.07 Å². The number of hydrogen-bond donors (Lipinski definition) is 1. The molecular weight excluding hydrogens is 320 g/mol. The molecular formula is C17H18N6O2. The van der Waals surface area contributed by atoms with Gasteiger partial charge in [-0.25, -0.2) is 0 Å². The highest BCUT2D eigenvalue weighted by Gasteiger charge is 2.16. The minimum Gasteiger partial charge on any atom is -0.490 e. The summed E-state index contributed by atoms with van der Waals surface area (Å²) in [5, 5.41) is 9.58. The highest BCUT2D eigenvalue weighted by Crippen LogP contribution is 2.35. The number of para-hydroxylation sites is 1. The molecule has 0 amide bonds. The van der Waals surface area contributed by atoms with Crippen molar-refractivity contribution in [3.63, 3.8) is 0 Å². The van der Waals surface area contributed by atoms with Gasteiger partial charge in [0, 0.05) is 26.1 Å². The van der Waals surface area contributed by atoms with Crippen LogP contribution < -0.4 is 20.1 Å². The van der Waals surface area contributed by atoms with Gasteiger partial charge in [-0.1, -0.05) is 12.1 Å². The van der Waals surface area contributed by atoms with Crippen molar-refractivity contribution in [3.05, 3.63) is 29.6 Å². The van der Waals surface area contributed by atoms with Gasteiger partial charge >= 0.3 is 0 Å². The SMILES string of the molecule is CN(C)c1nc(N)nc(/C(C#N)=C/c2cccc3c2OCCCO3)n1. The molecule has 0 radical (unpaired) electrons. The maximum absolute atomic E-state index is 9.58. The summed E-state index contributed by atoms with van der Waals surface area (Å²) in [6, 6.07) is 7.66. The van der Waals surface area contributed by atoms with Crippen molar-refractivity contribution in [2.75, 3.05) is 37.9 Å². The maximum atomic E-state index is 9.58.